The lowest BCUT2D eigenvalue weighted by molar-refractivity contribution is -0.128. The predicted octanol–water partition coefficient (Wildman–Crippen LogP) is 4.10. The second-order valence-electron chi connectivity index (χ2n) is 7.02. The lowest BCUT2D eigenvalue weighted by Gasteiger charge is -2.34. The van der Waals surface area contributed by atoms with E-state index >= 15 is 0 Å². The summed E-state index contributed by atoms with van der Waals surface area (Å²) in [5, 5.41) is 2.37. The third-order valence-electron chi connectivity index (χ3n) is 5.10. The summed E-state index contributed by atoms with van der Waals surface area (Å²) in [5.74, 6) is 0.521. The zero-order valence-electron chi connectivity index (χ0n) is 16.0. The fourth-order valence-electron chi connectivity index (χ4n) is 3.68. The highest BCUT2D eigenvalue weighted by atomic mass is 19.3. The molecule has 3 rings (SSSR count). The zero-order chi connectivity index (χ0) is 19.9. The third-order valence-corrected chi connectivity index (χ3v) is 5.10. The normalized spacial score (nSPS) is 17.5. The Hall–Kier alpha value is -2.47. The minimum Gasteiger partial charge on any atom is -0.496 e. The number of nitrogens with one attached hydrogen (secondary N) is 1. The van der Waals surface area contributed by atoms with Crippen molar-refractivity contribution in [3.63, 3.8) is 0 Å². The van der Waals surface area contributed by atoms with Gasteiger partial charge in [-0.1, -0.05) is 48.9 Å². The van der Waals surface area contributed by atoms with Crippen LogP contribution in [-0.2, 0) is 11.3 Å². The summed E-state index contributed by atoms with van der Waals surface area (Å²) in [6, 6.07) is 15.7. The van der Waals surface area contributed by atoms with Crippen molar-refractivity contribution >= 4 is 5.91 Å². The van der Waals surface area contributed by atoms with Crippen LogP contribution in [0.1, 0.15) is 24.8 Å². The molecule has 1 amide bonds. The molecule has 2 aromatic carbocycles. The van der Waals surface area contributed by atoms with E-state index < -0.39 is 13.0 Å². The van der Waals surface area contributed by atoms with E-state index in [0.717, 1.165) is 41.8 Å². The molecule has 150 valence electrons. The maximum Gasteiger partial charge on any atom is 0.255 e. The quantitative estimate of drug-likeness (QED) is 0.777. The van der Waals surface area contributed by atoms with Crippen molar-refractivity contribution in [3.8, 4) is 16.9 Å². The van der Waals surface area contributed by atoms with Crippen LogP contribution in [0.4, 0.5) is 8.78 Å². The number of likely N-dealkylation sites (tertiary alicyclic amines) is 1. The van der Waals surface area contributed by atoms with Crippen molar-refractivity contribution in [1.82, 2.24) is 10.2 Å². The molecule has 0 aromatic heterocycles. The molecule has 2 aromatic rings. The largest absolute Gasteiger partial charge is 0.496 e. The molecule has 1 N–H and O–H groups in total. The Labute approximate surface area is 164 Å². The Bertz CT molecular complexity index is 780. The van der Waals surface area contributed by atoms with Crippen molar-refractivity contribution in [1.29, 1.82) is 0 Å². The Morgan fingerprint density at radius 3 is 2.64 bits per heavy atom. The van der Waals surface area contributed by atoms with Crippen molar-refractivity contribution in [3.05, 3.63) is 54.1 Å². The van der Waals surface area contributed by atoms with Crippen LogP contribution in [-0.4, -0.2) is 43.5 Å². The number of carbonyl (C=O) groups excluding carboxylic acids is 1. The van der Waals surface area contributed by atoms with E-state index in [1.165, 1.54) is 0 Å². The summed E-state index contributed by atoms with van der Waals surface area (Å²) in [6.07, 6.45) is 0.131. The first-order chi connectivity index (χ1) is 13.6. The minimum absolute atomic E-state index is 0.300. The molecule has 1 atom stereocenters. The molecule has 1 unspecified atom stereocenters. The topological polar surface area (TPSA) is 41.6 Å². The zero-order valence-corrected chi connectivity index (χ0v) is 16.0. The predicted molar refractivity (Wildman–Crippen MR) is 105 cm³/mol. The van der Waals surface area contributed by atoms with E-state index in [4.69, 9.17) is 4.74 Å². The van der Waals surface area contributed by atoms with Crippen LogP contribution >= 0.6 is 0 Å². The number of rotatable bonds is 7. The first kappa shape index (κ1) is 20.3. The number of halogens is 2. The third kappa shape index (κ3) is 5.07. The SMILES string of the molecule is COc1ccccc1-c1ccc(CN2CCCCC2C(=O)NCC(F)F)cc1. The molecular formula is C22H26F2N2O2. The molecule has 0 aliphatic carbocycles. The lowest BCUT2D eigenvalue weighted by Crippen LogP contribution is -2.49. The van der Waals surface area contributed by atoms with E-state index in [9.17, 15) is 13.6 Å². The Balaban J connectivity index is 1.69. The van der Waals surface area contributed by atoms with Crippen LogP contribution in [0.25, 0.3) is 11.1 Å². The van der Waals surface area contributed by atoms with Gasteiger partial charge in [-0.2, -0.15) is 0 Å². The number of methoxy groups -OCH3 is 1. The Morgan fingerprint density at radius 2 is 1.93 bits per heavy atom. The molecule has 28 heavy (non-hydrogen) atoms. The van der Waals surface area contributed by atoms with Gasteiger partial charge in [-0.3, -0.25) is 9.69 Å². The summed E-state index contributed by atoms with van der Waals surface area (Å²) >= 11 is 0. The number of carbonyl (C=O) groups is 1. The van der Waals surface area contributed by atoms with Crippen LogP contribution in [0, 0.1) is 0 Å². The highest BCUT2D eigenvalue weighted by Crippen LogP contribution is 2.30. The van der Waals surface area contributed by atoms with E-state index in [2.05, 4.69) is 10.2 Å². The minimum atomic E-state index is -2.52. The fourth-order valence-corrected chi connectivity index (χ4v) is 3.68. The maximum atomic E-state index is 12.4. The highest BCUT2D eigenvalue weighted by Gasteiger charge is 2.28. The van der Waals surface area contributed by atoms with Crippen molar-refractivity contribution in [2.45, 2.75) is 38.3 Å². The smallest absolute Gasteiger partial charge is 0.255 e. The van der Waals surface area contributed by atoms with Crippen molar-refractivity contribution in [2.24, 2.45) is 0 Å². The van der Waals surface area contributed by atoms with Crippen LogP contribution < -0.4 is 10.1 Å². The first-order valence-corrected chi connectivity index (χ1v) is 9.60. The van der Waals surface area contributed by atoms with Gasteiger partial charge in [0.1, 0.15) is 5.75 Å². The summed E-state index contributed by atoms with van der Waals surface area (Å²) in [5.41, 5.74) is 3.18. The van der Waals surface area contributed by atoms with E-state index in [0.29, 0.717) is 13.0 Å². The van der Waals surface area contributed by atoms with E-state index in [1.54, 1.807) is 7.11 Å². The van der Waals surface area contributed by atoms with Crippen LogP contribution in [0.5, 0.6) is 5.75 Å². The van der Waals surface area contributed by atoms with Crippen molar-refractivity contribution < 1.29 is 18.3 Å². The molecule has 1 saturated heterocycles. The number of hydrogen-bond donors (Lipinski definition) is 1. The summed E-state index contributed by atoms with van der Waals surface area (Å²) in [6.45, 7) is 0.830. The van der Waals surface area contributed by atoms with Gasteiger partial charge in [-0.05, 0) is 36.6 Å². The lowest BCUT2D eigenvalue weighted by atomic mass is 9.99. The van der Waals surface area contributed by atoms with Gasteiger partial charge in [-0.15, -0.1) is 0 Å². The second-order valence-corrected chi connectivity index (χ2v) is 7.02. The number of amides is 1. The van der Waals surface area contributed by atoms with Gasteiger partial charge in [0.05, 0.1) is 19.7 Å². The summed E-state index contributed by atoms with van der Waals surface area (Å²) in [4.78, 5) is 14.4. The van der Waals surface area contributed by atoms with Crippen LogP contribution in [0.2, 0.25) is 0 Å². The standard InChI is InChI=1S/C22H26F2N2O2/c1-28-20-8-3-2-6-18(20)17-11-9-16(10-12-17)15-26-13-5-4-7-19(26)22(27)25-14-21(23)24/h2-3,6,8-12,19,21H,4-5,7,13-15H2,1H3,(H,25,27). The molecule has 6 heteroatoms. The number of nitrogens with zero attached hydrogens (tertiary/aromatic N) is 1. The van der Waals surface area contributed by atoms with Gasteiger partial charge in [0.25, 0.3) is 6.43 Å². The number of alkyl halides is 2. The second kappa shape index (κ2) is 9.64. The fraction of sp³-hybridized carbons (Fsp3) is 0.409. The molecule has 0 saturated carbocycles. The molecule has 1 aliphatic heterocycles. The van der Waals surface area contributed by atoms with Gasteiger partial charge in [-0.25, -0.2) is 8.78 Å². The van der Waals surface area contributed by atoms with E-state index in [-0.39, 0.29) is 11.9 Å². The number of para-hydroxylation sites is 1. The maximum absolute atomic E-state index is 12.4. The number of ether oxygens (including phenoxy) is 1. The first-order valence-electron chi connectivity index (χ1n) is 9.60. The van der Waals surface area contributed by atoms with Crippen LogP contribution in [0.3, 0.4) is 0 Å². The molecular weight excluding hydrogens is 362 g/mol. The molecule has 4 nitrogen and oxygen atoms in total. The van der Waals surface area contributed by atoms with Gasteiger partial charge in [0.15, 0.2) is 0 Å². The molecule has 1 heterocycles. The van der Waals surface area contributed by atoms with E-state index in [1.807, 2.05) is 48.5 Å². The summed E-state index contributed by atoms with van der Waals surface area (Å²) < 4.78 is 30.2. The molecule has 0 bridgehead atoms. The van der Waals surface area contributed by atoms with Gasteiger partial charge in [0, 0.05) is 12.1 Å². The monoisotopic (exact) mass is 388 g/mol. The molecule has 0 radical (unpaired) electrons. The highest BCUT2D eigenvalue weighted by molar-refractivity contribution is 5.81. The number of benzene rings is 2. The molecule has 1 fully saturated rings. The van der Waals surface area contributed by atoms with Gasteiger partial charge in [0.2, 0.25) is 5.91 Å². The number of piperidine rings is 1. The van der Waals surface area contributed by atoms with Gasteiger partial charge >= 0.3 is 0 Å². The van der Waals surface area contributed by atoms with Crippen molar-refractivity contribution in [2.75, 3.05) is 20.2 Å². The Morgan fingerprint density at radius 1 is 1.18 bits per heavy atom. The molecule has 0 spiro atoms. The van der Waals surface area contributed by atoms with Crippen LogP contribution in [0.15, 0.2) is 48.5 Å². The molecule has 1 aliphatic rings. The average Bonchev–Trinajstić information content (AvgIpc) is 2.73. The number of hydrogen-bond acceptors (Lipinski definition) is 3. The van der Waals surface area contributed by atoms with Gasteiger partial charge < -0.3 is 10.1 Å². The Kier molecular flexibility index (Phi) is 6.98. The summed E-state index contributed by atoms with van der Waals surface area (Å²) in [7, 11) is 1.66. The average molecular weight is 388 g/mol.